The SMILES string of the molecule is O=C1Oc2ccccc2NC1c1ccccc1. The number of benzene rings is 2. The van der Waals surface area contributed by atoms with Crippen LogP contribution in [0, 0.1) is 0 Å². The molecule has 3 rings (SSSR count). The van der Waals surface area contributed by atoms with Crippen molar-refractivity contribution in [3.05, 3.63) is 60.2 Å². The summed E-state index contributed by atoms with van der Waals surface area (Å²) in [6.07, 6.45) is 0. The Labute approximate surface area is 99.0 Å². The molecule has 1 atom stereocenters. The Hall–Kier alpha value is -2.29. The van der Waals surface area contributed by atoms with Gasteiger partial charge in [0.15, 0.2) is 11.8 Å². The second-order valence-electron chi connectivity index (χ2n) is 3.91. The van der Waals surface area contributed by atoms with Crippen LogP contribution in [-0.2, 0) is 4.79 Å². The fraction of sp³-hybridized carbons (Fsp3) is 0.0714. The molecule has 1 N–H and O–H groups in total. The molecule has 0 saturated carbocycles. The number of carbonyl (C=O) groups excluding carboxylic acids is 1. The maximum absolute atomic E-state index is 11.9. The largest absolute Gasteiger partial charge is 0.423 e. The molecule has 1 aliphatic heterocycles. The average Bonchev–Trinajstić information content (AvgIpc) is 2.39. The molecule has 3 heteroatoms. The molecule has 1 aliphatic rings. The number of esters is 1. The predicted molar refractivity (Wildman–Crippen MR) is 64.9 cm³/mol. The van der Waals surface area contributed by atoms with E-state index in [0.717, 1.165) is 11.3 Å². The molecule has 0 spiro atoms. The highest BCUT2D eigenvalue weighted by Gasteiger charge is 2.28. The summed E-state index contributed by atoms with van der Waals surface area (Å²) in [6, 6.07) is 16.6. The van der Waals surface area contributed by atoms with Crippen LogP contribution in [0.5, 0.6) is 5.75 Å². The van der Waals surface area contributed by atoms with Crippen LogP contribution in [-0.4, -0.2) is 5.97 Å². The summed E-state index contributed by atoms with van der Waals surface area (Å²) in [5.74, 6) is 0.319. The minimum absolute atomic E-state index is 0.269. The van der Waals surface area contributed by atoms with Gasteiger partial charge in [0.2, 0.25) is 0 Å². The lowest BCUT2D eigenvalue weighted by Gasteiger charge is -2.25. The molecule has 0 bridgehead atoms. The van der Waals surface area contributed by atoms with E-state index in [1.54, 1.807) is 6.07 Å². The molecule has 0 amide bonds. The zero-order chi connectivity index (χ0) is 11.7. The van der Waals surface area contributed by atoms with Crippen molar-refractivity contribution in [1.29, 1.82) is 0 Å². The molecule has 0 fully saturated rings. The molecular formula is C14H11NO2. The third-order valence-corrected chi connectivity index (χ3v) is 2.77. The summed E-state index contributed by atoms with van der Waals surface area (Å²) in [6.45, 7) is 0. The fourth-order valence-corrected chi connectivity index (χ4v) is 1.92. The lowest BCUT2D eigenvalue weighted by molar-refractivity contribution is -0.136. The van der Waals surface area contributed by atoms with Crippen molar-refractivity contribution < 1.29 is 9.53 Å². The zero-order valence-electron chi connectivity index (χ0n) is 9.09. The number of carbonyl (C=O) groups is 1. The first kappa shape index (κ1) is 9.90. The van der Waals surface area contributed by atoms with Crippen molar-refractivity contribution in [2.45, 2.75) is 6.04 Å². The number of nitrogens with one attached hydrogen (secondary N) is 1. The van der Waals surface area contributed by atoms with Gasteiger partial charge in [0, 0.05) is 0 Å². The molecule has 17 heavy (non-hydrogen) atoms. The minimum Gasteiger partial charge on any atom is -0.423 e. The summed E-state index contributed by atoms with van der Waals surface area (Å²) < 4.78 is 5.30. The second-order valence-corrected chi connectivity index (χ2v) is 3.91. The smallest absolute Gasteiger partial charge is 0.338 e. The molecule has 0 aliphatic carbocycles. The van der Waals surface area contributed by atoms with Crippen LogP contribution in [0.15, 0.2) is 54.6 Å². The molecule has 1 heterocycles. The third kappa shape index (κ3) is 1.76. The van der Waals surface area contributed by atoms with Crippen LogP contribution in [0.2, 0.25) is 0 Å². The molecule has 0 saturated heterocycles. The highest BCUT2D eigenvalue weighted by atomic mass is 16.5. The standard InChI is InChI=1S/C14H11NO2/c16-14-13(10-6-2-1-3-7-10)15-11-8-4-5-9-12(11)17-14/h1-9,13,15H. The van der Waals surface area contributed by atoms with Gasteiger partial charge in [0.05, 0.1) is 5.69 Å². The lowest BCUT2D eigenvalue weighted by atomic mass is 10.1. The molecule has 3 nitrogen and oxygen atoms in total. The summed E-state index contributed by atoms with van der Waals surface area (Å²) in [4.78, 5) is 11.9. The van der Waals surface area contributed by atoms with Gasteiger partial charge in [0.1, 0.15) is 0 Å². The van der Waals surface area contributed by atoms with E-state index in [0.29, 0.717) is 5.75 Å². The van der Waals surface area contributed by atoms with Gasteiger partial charge in [0.25, 0.3) is 0 Å². The lowest BCUT2D eigenvalue weighted by Crippen LogP contribution is -2.29. The van der Waals surface area contributed by atoms with E-state index in [1.165, 1.54) is 0 Å². The number of anilines is 1. The van der Waals surface area contributed by atoms with Crippen molar-refractivity contribution >= 4 is 11.7 Å². The van der Waals surface area contributed by atoms with Crippen LogP contribution in [0.4, 0.5) is 5.69 Å². The van der Waals surface area contributed by atoms with Gasteiger partial charge in [-0.1, -0.05) is 42.5 Å². The van der Waals surface area contributed by atoms with Gasteiger partial charge in [-0.25, -0.2) is 4.79 Å². The predicted octanol–water partition coefficient (Wildman–Crippen LogP) is 2.76. The number of hydrogen-bond acceptors (Lipinski definition) is 3. The van der Waals surface area contributed by atoms with Gasteiger partial charge < -0.3 is 10.1 Å². The summed E-state index contributed by atoms with van der Waals surface area (Å²) in [5, 5.41) is 3.19. The molecule has 0 radical (unpaired) electrons. The number of fused-ring (bicyclic) bond motifs is 1. The highest BCUT2D eigenvalue weighted by molar-refractivity contribution is 5.87. The Morgan fingerprint density at radius 3 is 2.47 bits per heavy atom. The maximum atomic E-state index is 11.9. The first-order valence-corrected chi connectivity index (χ1v) is 5.47. The molecular weight excluding hydrogens is 214 g/mol. The van der Waals surface area contributed by atoms with E-state index in [-0.39, 0.29) is 5.97 Å². The van der Waals surface area contributed by atoms with Crippen molar-refractivity contribution in [2.24, 2.45) is 0 Å². The van der Waals surface area contributed by atoms with Crippen LogP contribution >= 0.6 is 0 Å². The van der Waals surface area contributed by atoms with Crippen LogP contribution in [0.3, 0.4) is 0 Å². The Kier molecular flexibility index (Phi) is 2.29. The van der Waals surface area contributed by atoms with Crippen LogP contribution in [0.1, 0.15) is 11.6 Å². The molecule has 84 valence electrons. The Balaban J connectivity index is 1.98. The summed E-state index contributed by atoms with van der Waals surface area (Å²) in [7, 11) is 0. The topological polar surface area (TPSA) is 38.3 Å². The first-order chi connectivity index (χ1) is 8.34. The Morgan fingerprint density at radius 1 is 0.941 bits per heavy atom. The van der Waals surface area contributed by atoms with Gasteiger partial charge in [-0.15, -0.1) is 0 Å². The average molecular weight is 225 g/mol. The highest BCUT2D eigenvalue weighted by Crippen LogP contribution is 2.33. The van der Waals surface area contributed by atoms with Crippen LogP contribution < -0.4 is 10.1 Å². The summed E-state index contributed by atoms with van der Waals surface area (Å²) in [5.41, 5.74) is 1.76. The van der Waals surface area contributed by atoms with Crippen LogP contribution in [0.25, 0.3) is 0 Å². The van der Waals surface area contributed by atoms with E-state index in [9.17, 15) is 4.79 Å². The molecule has 2 aromatic rings. The number of para-hydroxylation sites is 2. The minimum atomic E-state index is -0.425. The number of ether oxygens (including phenoxy) is 1. The van der Waals surface area contributed by atoms with E-state index in [2.05, 4.69) is 5.32 Å². The van der Waals surface area contributed by atoms with Crippen molar-refractivity contribution in [3.63, 3.8) is 0 Å². The Morgan fingerprint density at radius 2 is 1.65 bits per heavy atom. The van der Waals surface area contributed by atoms with E-state index in [1.807, 2.05) is 48.5 Å². The quantitative estimate of drug-likeness (QED) is 0.599. The Bertz CT molecular complexity index is 551. The van der Waals surface area contributed by atoms with Crippen molar-refractivity contribution in [3.8, 4) is 5.75 Å². The number of rotatable bonds is 1. The van der Waals surface area contributed by atoms with Gasteiger partial charge in [-0.2, -0.15) is 0 Å². The van der Waals surface area contributed by atoms with Gasteiger partial charge >= 0.3 is 5.97 Å². The normalized spacial score (nSPS) is 17.9. The molecule has 0 aromatic heterocycles. The summed E-state index contributed by atoms with van der Waals surface area (Å²) >= 11 is 0. The zero-order valence-corrected chi connectivity index (χ0v) is 9.09. The first-order valence-electron chi connectivity index (χ1n) is 5.47. The second kappa shape index (κ2) is 3.94. The van der Waals surface area contributed by atoms with E-state index < -0.39 is 6.04 Å². The van der Waals surface area contributed by atoms with Gasteiger partial charge in [-0.05, 0) is 17.7 Å². The van der Waals surface area contributed by atoms with Crippen molar-refractivity contribution in [1.82, 2.24) is 0 Å². The number of hydrogen-bond donors (Lipinski definition) is 1. The van der Waals surface area contributed by atoms with Gasteiger partial charge in [-0.3, -0.25) is 0 Å². The molecule has 1 unspecified atom stereocenters. The van der Waals surface area contributed by atoms with Crippen molar-refractivity contribution in [2.75, 3.05) is 5.32 Å². The van der Waals surface area contributed by atoms with E-state index >= 15 is 0 Å². The van der Waals surface area contributed by atoms with E-state index in [4.69, 9.17) is 4.74 Å². The molecule has 2 aromatic carbocycles. The fourth-order valence-electron chi connectivity index (χ4n) is 1.92. The monoisotopic (exact) mass is 225 g/mol. The third-order valence-electron chi connectivity index (χ3n) is 2.77. The maximum Gasteiger partial charge on any atom is 0.338 e.